The smallest absolute Gasteiger partial charge is 0.321 e. The number of nitrogens with one attached hydrogen (secondary N) is 2. The molecule has 3 aromatic rings. The van der Waals surface area contributed by atoms with Crippen molar-refractivity contribution in [2.75, 3.05) is 24.3 Å². The van der Waals surface area contributed by atoms with Crippen LogP contribution in [0.25, 0.3) is 11.3 Å². The average molecular weight is 349 g/mol. The van der Waals surface area contributed by atoms with Gasteiger partial charge in [0, 0.05) is 32.4 Å². The molecule has 2 amide bonds. The van der Waals surface area contributed by atoms with Crippen LogP contribution in [0.1, 0.15) is 5.56 Å². The van der Waals surface area contributed by atoms with E-state index in [1.807, 2.05) is 61.5 Å². The first kappa shape index (κ1) is 17.3. The Kier molecular flexibility index (Phi) is 5.33. The van der Waals surface area contributed by atoms with Crippen LogP contribution in [-0.2, 0) is 6.54 Å². The molecule has 26 heavy (non-hydrogen) atoms. The molecule has 0 saturated heterocycles. The Labute approximate surface area is 151 Å². The molecule has 2 heterocycles. The van der Waals surface area contributed by atoms with Gasteiger partial charge in [0.25, 0.3) is 5.95 Å². The van der Waals surface area contributed by atoms with Gasteiger partial charge in [-0.15, -0.1) is 5.10 Å². The second-order valence-electron chi connectivity index (χ2n) is 5.76. The van der Waals surface area contributed by atoms with Gasteiger partial charge in [-0.3, -0.25) is 5.32 Å². The zero-order valence-corrected chi connectivity index (χ0v) is 14.5. The second-order valence-corrected chi connectivity index (χ2v) is 5.76. The summed E-state index contributed by atoms with van der Waals surface area (Å²) in [6, 6.07) is 12.9. The lowest BCUT2D eigenvalue weighted by Crippen LogP contribution is -2.29. The summed E-state index contributed by atoms with van der Waals surface area (Å²) in [5, 5.41) is 13.1. The van der Waals surface area contributed by atoms with Gasteiger partial charge in [-0.2, -0.15) is 5.10 Å². The zero-order valence-electron chi connectivity index (χ0n) is 14.5. The molecule has 0 unspecified atom stereocenters. The van der Waals surface area contributed by atoms with E-state index in [-0.39, 0.29) is 5.95 Å². The Morgan fingerprint density at radius 2 is 1.96 bits per heavy atom. The molecular weight excluding hydrogens is 330 g/mol. The van der Waals surface area contributed by atoms with Gasteiger partial charge in [0.15, 0.2) is 0 Å². The van der Waals surface area contributed by atoms with E-state index >= 15 is 0 Å². The minimum atomic E-state index is -0.403. The van der Waals surface area contributed by atoms with E-state index < -0.39 is 6.03 Å². The molecule has 0 aliphatic rings. The number of nitrogens with zero attached hydrogens (tertiary/aromatic N) is 5. The van der Waals surface area contributed by atoms with E-state index in [1.165, 1.54) is 0 Å². The number of rotatable bonds is 5. The Morgan fingerprint density at radius 3 is 2.73 bits per heavy atom. The molecule has 0 radical (unpaired) electrons. The first-order valence-corrected chi connectivity index (χ1v) is 8.04. The molecule has 0 aliphatic heterocycles. The molecule has 8 heteroatoms. The van der Waals surface area contributed by atoms with Gasteiger partial charge in [0.1, 0.15) is 5.82 Å². The third-order valence-corrected chi connectivity index (χ3v) is 3.57. The average Bonchev–Trinajstić information content (AvgIpc) is 2.67. The van der Waals surface area contributed by atoms with Crippen molar-refractivity contribution in [3.8, 4) is 11.3 Å². The molecule has 0 spiro atoms. The second kappa shape index (κ2) is 8.02. The van der Waals surface area contributed by atoms with E-state index in [9.17, 15) is 4.79 Å². The van der Waals surface area contributed by atoms with E-state index in [0.29, 0.717) is 12.2 Å². The fourth-order valence-electron chi connectivity index (χ4n) is 2.25. The minimum Gasteiger partial charge on any atom is -0.363 e. The molecule has 0 fully saturated rings. The minimum absolute atomic E-state index is 0.146. The number of carbonyl (C=O) groups is 1. The van der Waals surface area contributed by atoms with Crippen molar-refractivity contribution in [1.29, 1.82) is 0 Å². The van der Waals surface area contributed by atoms with Crippen molar-refractivity contribution < 1.29 is 4.79 Å². The summed E-state index contributed by atoms with van der Waals surface area (Å²) in [6.45, 7) is 0.362. The fourth-order valence-corrected chi connectivity index (χ4v) is 2.25. The number of hydrogen-bond donors (Lipinski definition) is 2. The number of aromatic nitrogens is 4. The van der Waals surface area contributed by atoms with Gasteiger partial charge in [-0.1, -0.05) is 30.3 Å². The normalized spacial score (nSPS) is 10.2. The monoisotopic (exact) mass is 349 g/mol. The molecule has 132 valence electrons. The standard InChI is InChI=1S/C18H19N7O/c1-25(2)16-10-13(8-9-19-16)11-20-18(26)23-17-22-15(12-21-24-17)14-6-4-3-5-7-14/h3-10,12H,11H2,1-2H3,(H2,20,22,23,24,26). The van der Waals surface area contributed by atoms with Crippen LogP contribution in [0.2, 0.25) is 0 Å². The Balaban J connectivity index is 1.61. The van der Waals surface area contributed by atoms with Gasteiger partial charge in [0.2, 0.25) is 0 Å². The molecule has 1 aromatic carbocycles. The molecule has 0 aliphatic carbocycles. The third kappa shape index (κ3) is 4.50. The van der Waals surface area contributed by atoms with Crippen LogP contribution in [0.3, 0.4) is 0 Å². The van der Waals surface area contributed by atoms with Gasteiger partial charge >= 0.3 is 6.03 Å². The van der Waals surface area contributed by atoms with Crippen LogP contribution in [-0.4, -0.2) is 40.3 Å². The highest BCUT2D eigenvalue weighted by Gasteiger charge is 2.07. The van der Waals surface area contributed by atoms with E-state index in [2.05, 4.69) is 30.8 Å². The van der Waals surface area contributed by atoms with Crippen LogP contribution in [0.5, 0.6) is 0 Å². The summed E-state index contributed by atoms with van der Waals surface area (Å²) in [5.74, 6) is 0.973. The van der Waals surface area contributed by atoms with Crippen LogP contribution in [0.4, 0.5) is 16.6 Å². The lowest BCUT2D eigenvalue weighted by molar-refractivity contribution is 0.251. The van der Waals surface area contributed by atoms with E-state index in [4.69, 9.17) is 0 Å². The van der Waals surface area contributed by atoms with E-state index in [1.54, 1.807) is 12.4 Å². The first-order chi connectivity index (χ1) is 12.6. The molecule has 0 bridgehead atoms. The van der Waals surface area contributed by atoms with Crippen molar-refractivity contribution in [3.05, 3.63) is 60.4 Å². The van der Waals surface area contributed by atoms with Crippen LogP contribution < -0.4 is 15.5 Å². The van der Waals surface area contributed by atoms with E-state index in [0.717, 1.165) is 16.9 Å². The SMILES string of the molecule is CN(C)c1cc(CNC(=O)Nc2nncc(-c3ccccc3)n2)ccn1. The summed E-state index contributed by atoms with van der Waals surface area (Å²) in [6.07, 6.45) is 3.26. The summed E-state index contributed by atoms with van der Waals surface area (Å²) in [4.78, 5) is 22.6. The van der Waals surface area contributed by atoms with Gasteiger partial charge in [0.05, 0.1) is 11.9 Å². The van der Waals surface area contributed by atoms with Crippen LogP contribution in [0.15, 0.2) is 54.9 Å². The number of amides is 2. The molecule has 3 rings (SSSR count). The molecule has 2 N–H and O–H groups in total. The molecule has 8 nitrogen and oxygen atoms in total. The van der Waals surface area contributed by atoms with Crippen molar-refractivity contribution in [2.24, 2.45) is 0 Å². The van der Waals surface area contributed by atoms with Crippen molar-refractivity contribution in [1.82, 2.24) is 25.5 Å². The predicted molar refractivity (Wildman–Crippen MR) is 99.7 cm³/mol. The zero-order chi connectivity index (χ0) is 18.4. The first-order valence-electron chi connectivity index (χ1n) is 8.04. The lowest BCUT2D eigenvalue weighted by atomic mass is 10.2. The highest BCUT2D eigenvalue weighted by molar-refractivity contribution is 5.87. The summed E-state index contributed by atoms with van der Waals surface area (Å²) >= 11 is 0. The number of anilines is 2. The summed E-state index contributed by atoms with van der Waals surface area (Å²) in [5.41, 5.74) is 2.48. The Bertz CT molecular complexity index is 883. The number of hydrogen-bond acceptors (Lipinski definition) is 6. The Hall–Kier alpha value is -3.55. The highest BCUT2D eigenvalue weighted by Crippen LogP contribution is 2.15. The quantitative estimate of drug-likeness (QED) is 0.734. The maximum Gasteiger partial charge on any atom is 0.321 e. The summed E-state index contributed by atoms with van der Waals surface area (Å²) < 4.78 is 0. The topological polar surface area (TPSA) is 95.9 Å². The largest absolute Gasteiger partial charge is 0.363 e. The number of benzene rings is 1. The van der Waals surface area contributed by atoms with Crippen molar-refractivity contribution in [3.63, 3.8) is 0 Å². The van der Waals surface area contributed by atoms with Gasteiger partial charge < -0.3 is 10.2 Å². The van der Waals surface area contributed by atoms with Crippen molar-refractivity contribution >= 4 is 17.8 Å². The molecular formula is C18H19N7O. The number of carbonyl (C=O) groups excluding carboxylic acids is 1. The summed E-state index contributed by atoms with van der Waals surface area (Å²) in [7, 11) is 3.83. The lowest BCUT2D eigenvalue weighted by Gasteiger charge is -2.12. The number of pyridine rings is 1. The highest BCUT2D eigenvalue weighted by atomic mass is 16.2. The van der Waals surface area contributed by atoms with Crippen LogP contribution in [0, 0.1) is 0 Å². The Morgan fingerprint density at radius 1 is 1.15 bits per heavy atom. The third-order valence-electron chi connectivity index (χ3n) is 3.57. The van der Waals surface area contributed by atoms with Crippen LogP contribution >= 0.6 is 0 Å². The molecule has 2 aromatic heterocycles. The van der Waals surface area contributed by atoms with Gasteiger partial charge in [-0.25, -0.2) is 14.8 Å². The van der Waals surface area contributed by atoms with Crippen molar-refractivity contribution in [2.45, 2.75) is 6.54 Å². The maximum absolute atomic E-state index is 12.1. The predicted octanol–water partition coefficient (Wildman–Crippen LogP) is 2.32. The maximum atomic E-state index is 12.1. The molecule has 0 atom stereocenters. The molecule has 0 saturated carbocycles. The van der Waals surface area contributed by atoms with Gasteiger partial charge in [-0.05, 0) is 17.7 Å². The fraction of sp³-hybridized carbons (Fsp3) is 0.167. The number of urea groups is 1.